The first kappa shape index (κ1) is 21.7. The Kier molecular flexibility index (Phi) is 7.61. The van der Waals surface area contributed by atoms with Crippen molar-refractivity contribution in [3.8, 4) is 0 Å². The summed E-state index contributed by atoms with van der Waals surface area (Å²) >= 11 is 0. The van der Waals surface area contributed by atoms with Gasteiger partial charge in [0.15, 0.2) is 0 Å². The number of pyridine rings is 1. The zero-order valence-corrected chi connectivity index (χ0v) is 17.9. The molecule has 7 nitrogen and oxygen atoms in total. The van der Waals surface area contributed by atoms with Crippen molar-refractivity contribution in [2.45, 2.75) is 39.4 Å². The molecule has 0 unspecified atom stereocenters. The third kappa shape index (κ3) is 6.24. The van der Waals surface area contributed by atoms with Crippen LogP contribution in [0.3, 0.4) is 0 Å². The van der Waals surface area contributed by atoms with Crippen LogP contribution in [0, 0.1) is 11.8 Å². The van der Waals surface area contributed by atoms with Crippen molar-refractivity contribution < 1.29 is 14.3 Å². The van der Waals surface area contributed by atoms with Gasteiger partial charge in [-0.25, -0.2) is 0 Å². The van der Waals surface area contributed by atoms with Gasteiger partial charge < -0.3 is 19.4 Å². The molecule has 1 aromatic heterocycles. The molecule has 0 radical (unpaired) electrons. The van der Waals surface area contributed by atoms with Crippen LogP contribution in [-0.2, 0) is 20.9 Å². The Hall–Kier alpha value is -1.99. The fourth-order valence-electron chi connectivity index (χ4n) is 4.07. The van der Waals surface area contributed by atoms with Gasteiger partial charge in [0.2, 0.25) is 11.8 Å². The molecule has 3 rings (SSSR count). The molecule has 0 spiro atoms. The first-order valence-corrected chi connectivity index (χ1v) is 10.7. The van der Waals surface area contributed by atoms with Gasteiger partial charge in [0.05, 0.1) is 24.9 Å². The Labute approximate surface area is 174 Å². The number of carbonyl (C=O) groups is 2. The lowest BCUT2D eigenvalue weighted by molar-refractivity contribution is -0.142. The third-order valence-corrected chi connectivity index (χ3v) is 5.68. The summed E-state index contributed by atoms with van der Waals surface area (Å²) in [6, 6.07) is 5.73. The van der Waals surface area contributed by atoms with E-state index in [4.69, 9.17) is 4.74 Å². The first-order chi connectivity index (χ1) is 13.9. The summed E-state index contributed by atoms with van der Waals surface area (Å²) in [6.45, 7) is 8.24. The van der Waals surface area contributed by atoms with E-state index in [2.05, 4.69) is 30.8 Å². The van der Waals surface area contributed by atoms with Crippen LogP contribution < -0.4 is 0 Å². The number of ether oxygens (including phenoxy) is 1. The van der Waals surface area contributed by atoms with Gasteiger partial charge >= 0.3 is 0 Å². The molecule has 0 aliphatic carbocycles. The van der Waals surface area contributed by atoms with E-state index in [0.29, 0.717) is 32.2 Å². The molecule has 0 aromatic carbocycles. The first-order valence-electron chi connectivity index (χ1n) is 10.7. The standard InChI is InChI=1S/C22H34N4O3/c1-17(2)12-25-13-20(29-16-19-6-4-5-9-23-19)14-26(15-21(25)27)22(28)18-7-10-24(3)11-8-18/h4-6,9,17-18,20H,7-8,10-16H2,1-3H3/t20-/m1/s1. The van der Waals surface area contributed by atoms with Crippen molar-refractivity contribution in [2.24, 2.45) is 11.8 Å². The number of likely N-dealkylation sites (tertiary alicyclic amines) is 1. The van der Waals surface area contributed by atoms with E-state index in [1.165, 1.54) is 0 Å². The molecule has 160 valence electrons. The molecule has 1 aromatic rings. The number of carbonyl (C=O) groups excluding carboxylic acids is 2. The number of hydrogen-bond donors (Lipinski definition) is 0. The SMILES string of the molecule is CC(C)CN1C[C@@H](OCc2ccccn2)CN(C(=O)C2CCN(C)CC2)CC1=O. The number of amides is 2. The normalized spacial score (nSPS) is 22.2. The van der Waals surface area contributed by atoms with Gasteiger partial charge in [0.1, 0.15) is 0 Å². The lowest BCUT2D eigenvalue weighted by atomic mass is 9.95. The number of hydrogen-bond acceptors (Lipinski definition) is 5. The van der Waals surface area contributed by atoms with Crippen molar-refractivity contribution in [3.05, 3.63) is 30.1 Å². The van der Waals surface area contributed by atoms with Crippen LogP contribution in [0.15, 0.2) is 24.4 Å². The zero-order valence-electron chi connectivity index (χ0n) is 17.9. The molecule has 2 saturated heterocycles. The molecule has 0 bridgehead atoms. The Morgan fingerprint density at radius 3 is 2.66 bits per heavy atom. The number of nitrogens with zero attached hydrogens (tertiary/aromatic N) is 4. The maximum atomic E-state index is 13.2. The van der Waals surface area contributed by atoms with Crippen LogP contribution in [-0.4, -0.2) is 83.9 Å². The summed E-state index contributed by atoms with van der Waals surface area (Å²) < 4.78 is 6.14. The molecule has 0 N–H and O–H groups in total. The highest BCUT2D eigenvalue weighted by Gasteiger charge is 2.34. The smallest absolute Gasteiger partial charge is 0.242 e. The average molecular weight is 403 g/mol. The Morgan fingerprint density at radius 2 is 2.00 bits per heavy atom. The Morgan fingerprint density at radius 1 is 1.24 bits per heavy atom. The minimum atomic E-state index is -0.211. The van der Waals surface area contributed by atoms with Crippen molar-refractivity contribution in [1.29, 1.82) is 0 Å². The molecule has 2 fully saturated rings. The molecule has 3 heterocycles. The Bertz CT molecular complexity index is 674. The molecular weight excluding hydrogens is 368 g/mol. The van der Waals surface area contributed by atoms with Gasteiger partial charge in [0.25, 0.3) is 0 Å². The number of aromatic nitrogens is 1. The van der Waals surface area contributed by atoms with Gasteiger partial charge in [-0.15, -0.1) is 0 Å². The molecule has 7 heteroatoms. The maximum Gasteiger partial charge on any atom is 0.242 e. The van der Waals surface area contributed by atoms with E-state index in [0.717, 1.165) is 31.6 Å². The van der Waals surface area contributed by atoms with E-state index < -0.39 is 0 Å². The van der Waals surface area contributed by atoms with Gasteiger partial charge in [-0.05, 0) is 51.0 Å². The van der Waals surface area contributed by atoms with E-state index in [-0.39, 0.29) is 30.4 Å². The zero-order chi connectivity index (χ0) is 20.8. The number of rotatable bonds is 6. The van der Waals surface area contributed by atoms with Gasteiger partial charge in [-0.1, -0.05) is 19.9 Å². The van der Waals surface area contributed by atoms with E-state index in [9.17, 15) is 9.59 Å². The third-order valence-electron chi connectivity index (χ3n) is 5.68. The second-order valence-electron chi connectivity index (χ2n) is 8.74. The van der Waals surface area contributed by atoms with Crippen LogP contribution in [0.4, 0.5) is 0 Å². The van der Waals surface area contributed by atoms with Crippen LogP contribution in [0.5, 0.6) is 0 Å². The molecule has 29 heavy (non-hydrogen) atoms. The second-order valence-corrected chi connectivity index (χ2v) is 8.74. The van der Waals surface area contributed by atoms with E-state index in [1.54, 1.807) is 11.1 Å². The molecule has 1 atom stereocenters. The topological polar surface area (TPSA) is 66.0 Å². The van der Waals surface area contributed by atoms with Crippen molar-refractivity contribution in [1.82, 2.24) is 19.7 Å². The van der Waals surface area contributed by atoms with Gasteiger partial charge in [-0.2, -0.15) is 0 Å². The Balaban J connectivity index is 1.69. The van der Waals surface area contributed by atoms with Crippen LogP contribution >= 0.6 is 0 Å². The van der Waals surface area contributed by atoms with E-state index in [1.807, 2.05) is 23.1 Å². The summed E-state index contributed by atoms with van der Waals surface area (Å²) in [6.07, 6.45) is 3.25. The summed E-state index contributed by atoms with van der Waals surface area (Å²) in [4.78, 5) is 36.2. The maximum absolute atomic E-state index is 13.2. The summed E-state index contributed by atoms with van der Waals surface area (Å²) in [5.74, 6) is 0.492. The minimum Gasteiger partial charge on any atom is -0.368 e. The lowest BCUT2D eigenvalue weighted by Gasteiger charge is -2.32. The predicted molar refractivity (Wildman–Crippen MR) is 111 cm³/mol. The molecule has 2 aliphatic heterocycles. The van der Waals surface area contributed by atoms with Crippen molar-refractivity contribution in [2.75, 3.05) is 46.3 Å². The van der Waals surface area contributed by atoms with E-state index >= 15 is 0 Å². The minimum absolute atomic E-state index is 0.00656. The average Bonchev–Trinajstić information content (AvgIpc) is 2.86. The highest BCUT2D eigenvalue weighted by Crippen LogP contribution is 2.21. The fourth-order valence-corrected chi connectivity index (χ4v) is 4.07. The summed E-state index contributed by atoms with van der Waals surface area (Å²) in [7, 11) is 2.08. The lowest BCUT2D eigenvalue weighted by Crippen LogP contribution is -2.45. The van der Waals surface area contributed by atoms with Gasteiger partial charge in [0, 0.05) is 31.7 Å². The molecule has 0 saturated carbocycles. The highest BCUT2D eigenvalue weighted by atomic mass is 16.5. The quantitative estimate of drug-likeness (QED) is 0.724. The summed E-state index contributed by atoms with van der Waals surface area (Å²) in [5, 5.41) is 0. The predicted octanol–water partition coefficient (Wildman–Crippen LogP) is 1.64. The molecule has 2 amide bonds. The largest absolute Gasteiger partial charge is 0.368 e. The second kappa shape index (κ2) is 10.2. The van der Waals surface area contributed by atoms with Crippen molar-refractivity contribution >= 4 is 11.8 Å². The monoisotopic (exact) mass is 402 g/mol. The van der Waals surface area contributed by atoms with Crippen LogP contribution in [0.1, 0.15) is 32.4 Å². The molecular formula is C22H34N4O3. The van der Waals surface area contributed by atoms with Crippen molar-refractivity contribution in [3.63, 3.8) is 0 Å². The number of piperidine rings is 1. The summed E-state index contributed by atoms with van der Waals surface area (Å²) in [5.41, 5.74) is 0.853. The fraction of sp³-hybridized carbons (Fsp3) is 0.682. The molecule has 2 aliphatic rings. The van der Waals surface area contributed by atoms with Gasteiger partial charge in [-0.3, -0.25) is 14.6 Å². The van der Waals surface area contributed by atoms with Crippen LogP contribution in [0.25, 0.3) is 0 Å². The van der Waals surface area contributed by atoms with Crippen LogP contribution in [0.2, 0.25) is 0 Å². The highest BCUT2D eigenvalue weighted by molar-refractivity contribution is 5.86.